The minimum Gasteiger partial charge on any atom is -0.224 e. The summed E-state index contributed by atoms with van der Waals surface area (Å²) >= 11 is 0. The number of aromatic nitrogens is 2. The molecule has 84 valence electrons. The topological polar surface area (TPSA) is 49.6 Å². The van der Waals surface area contributed by atoms with E-state index in [2.05, 4.69) is 28.2 Å². The highest BCUT2D eigenvalue weighted by Gasteiger charge is 2.07. The van der Waals surface area contributed by atoms with Gasteiger partial charge in [0.25, 0.3) is 0 Å². The molecule has 0 radical (unpaired) electrons. The van der Waals surface area contributed by atoms with E-state index in [4.69, 9.17) is 5.26 Å². The predicted molar refractivity (Wildman–Crippen MR) is 66.4 cm³/mol. The molecular formula is C14H13N3. The molecule has 1 aromatic carbocycles. The molecule has 0 unspecified atom stereocenters. The molecule has 0 amide bonds. The Labute approximate surface area is 101 Å². The van der Waals surface area contributed by atoms with Crippen LogP contribution in [0.15, 0.2) is 24.3 Å². The largest absolute Gasteiger partial charge is 0.232 e. The van der Waals surface area contributed by atoms with Gasteiger partial charge in [0.05, 0.1) is 5.69 Å². The normalized spacial score (nSPS) is 10.0. The molecule has 0 spiro atoms. The fraction of sp³-hybridized carbons (Fsp3) is 0.214. The van der Waals surface area contributed by atoms with E-state index in [9.17, 15) is 0 Å². The van der Waals surface area contributed by atoms with E-state index in [1.54, 1.807) is 0 Å². The van der Waals surface area contributed by atoms with Gasteiger partial charge in [0.15, 0.2) is 0 Å². The first-order valence-electron chi connectivity index (χ1n) is 5.43. The van der Waals surface area contributed by atoms with Gasteiger partial charge in [0, 0.05) is 11.3 Å². The molecule has 0 atom stereocenters. The first-order chi connectivity index (χ1) is 8.10. The van der Waals surface area contributed by atoms with Gasteiger partial charge >= 0.3 is 0 Å². The van der Waals surface area contributed by atoms with Crippen LogP contribution in [0.25, 0.3) is 11.3 Å². The highest BCUT2D eigenvalue weighted by molar-refractivity contribution is 5.64. The first-order valence-corrected chi connectivity index (χ1v) is 5.43. The maximum absolute atomic E-state index is 8.88. The minimum absolute atomic E-state index is 0.223. The number of hydrogen-bond acceptors (Lipinski definition) is 3. The van der Waals surface area contributed by atoms with Crippen LogP contribution in [0.4, 0.5) is 0 Å². The molecule has 0 aliphatic rings. The van der Waals surface area contributed by atoms with Crippen molar-refractivity contribution in [3.8, 4) is 17.3 Å². The molecule has 0 bridgehead atoms. The number of nitriles is 1. The van der Waals surface area contributed by atoms with Gasteiger partial charge in [-0.15, -0.1) is 0 Å². The van der Waals surface area contributed by atoms with Crippen molar-refractivity contribution in [1.29, 1.82) is 5.26 Å². The van der Waals surface area contributed by atoms with Crippen molar-refractivity contribution in [2.75, 3.05) is 0 Å². The fourth-order valence-corrected chi connectivity index (χ4v) is 1.77. The second-order valence-corrected chi connectivity index (χ2v) is 4.15. The van der Waals surface area contributed by atoms with Crippen LogP contribution in [-0.4, -0.2) is 9.97 Å². The smallest absolute Gasteiger partial charge is 0.224 e. The fourth-order valence-electron chi connectivity index (χ4n) is 1.77. The van der Waals surface area contributed by atoms with Crippen LogP contribution in [-0.2, 0) is 0 Å². The van der Waals surface area contributed by atoms with Gasteiger partial charge in [-0.1, -0.05) is 17.7 Å². The van der Waals surface area contributed by atoms with Crippen molar-refractivity contribution in [3.63, 3.8) is 0 Å². The quantitative estimate of drug-likeness (QED) is 0.746. The van der Waals surface area contributed by atoms with E-state index in [0.717, 1.165) is 22.5 Å². The van der Waals surface area contributed by atoms with Gasteiger partial charge in [0.2, 0.25) is 5.82 Å². The van der Waals surface area contributed by atoms with Gasteiger partial charge in [-0.3, -0.25) is 0 Å². The van der Waals surface area contributed by atoms with E-state index < -0.39 is 0 Å². The first kappa shape index (κ1) is 11.3. The molecule has 0 saturated heterocycles. The predicted octanol–water partition coefficient (Wildman–Crippen LogP) is 2.94. The van der Waals surface area contributed by atoms with Crippen LogP contribution in [0.1, 0.15) is 22.6 Å². The summed E-state index contributed by atoms with van der Waals surface area (Å²) in [5.41, 5.74) is 5.02. The molecule has 0 fully saturated rings. The molecule has 0 saturated carbocycles. The standard InChI is InChI=1S/C14H13N3/c1-9-4-5-10(2)12(6-9)13-7-11(3)16-14(8-15)17-13/h4-7H,1-3H3. The van der Waals surface area contributed by atoms with E-state index >= 15 is 0 Å². The van der Waals surface area contributed by atoms with Crippen molar-refractivity contribution in [2.24, 2.45) is 0 Å². The van der Waals surface area contributed by atoms with Gasteiger partial charge in [-0.25, -0.2) is 9.97 Å². The summed E-state index contributed by atoms with van der Waals surface area (Å²) < 4.78 is 0. The van der Waals surface area contributed by atoms with Gasteiger partial charge < -0.3 is 0 Å². The third-order valence-corrected chi connectivity index (χ3v) is 2.62. The van der Waals surface area contributed by atoms with Crippen molar-refractivity contribution in [2.45, 2.75) is 20.8 Å². The molecule has 17 heavy (non-hydrogen) atoms. The maximum Gasteiger partial charge on any atom is 0.232 e. The zero-order valence-electron chi connectivity index (χ0n) is 10.2. The van der Waals surface area contributed by atoms with Gasteiger partial charge in [-0.05, 0) is 38.5 Å². The molecule has 2 aromatic rings. The second-order valence-electron chi connectivity index (χ2n) is 4.15. The SMILES string of the molecule is Cc1ccc(C)c(-c2cc(C)nc(C#N)n2)c1. The summed E-state index contributed by atoms with van der Waals surface area (Å²) in [7, 11) is 0. The molecular weight excluding hydrogens is 210 g/mol. The lowest BCUT2D eigenvalue weighted by Gasteiger charge is -2.07. The van der Waals surface area contributed by atoms with Crippen LogP contribution in [0.5, 0.6) is 0 Å². The van der Waals surface area contributed by atoms with E-state index in [1.807, 2.05) is 32.9 Å². The Bertz CT molecular complexity index is 609. The van der Waals surface area contributed by atoms with Gasteiger partial charge in [0.1, 0.15) is 6.07 Å². The minimum atomic E-state index is 0.223. The van der Waals surface area contributed by atoms with E-state index in [1.165, 1.54) is 5.56 Å². The maximum atomic E-state index is 8.88. The lowest BCUT2D eigenvalue weighted by atomic mass is 10.0. The molecule has 0 aliphatic carbocycles. The Morgan fingerprint density at radius 2 is 1.82 bits per heavy atom. The Balaban J connectivity index is 2.64. The zero-order chi connectivity index (χ0) is 12.4. The highest BCUT2D eigenvalue weighted by Crippen LogP contribution is 2.23. The van der Waals surface area contributed by atoms with Crippen LogP contribution >= 0.6 is 0 Å². The number of aryl methyl sites for hydroxylation is 3. The van der Waals surface area contributed by atoms with Crippen molar-refractivity contribution >= 4 is 0 Å². The Morgan fingerprint density at radius 3 is 2.53 bits per heavy atom. The average molecular weight is 223 g/mol. The average Bonchev–Trinajstić information content (AvgIpc) is 2.31. The van der Waals surface area contributed by atoms with Crippen LogP contribution in [0, 0.1) is 32.1 Å². The number of nitrogens with zero attached hydrogens (tertiary/aromatic N) is 3. The third-order valence-electron chi connectivity index (χ3n) is 2.62. The summed E-state index contributed by atoms with van der Waals surface area (Å²) in [5, 5.41) is 8.88. The summed E-state index contributed by atoms with van der Waals surface area (Å²) in [6, 6.07) is 10.1. The Kier molecular flexibility index (Phi) is 2.88. The molecule has 3 nitrogen and oxygen atoms in total. The molecule has 3 heteroatoms. The monoisotopic (exact) mass is 223 g/mol. The molecule has 1 heterocycles. The highest BCUT2D eigenvalue weighted by atomic mass is 14.9. The van der Waals surface area contributed by atoms with Crippen molar-refractivity contribution < 1.29 is 0 Å². The summed E-state index contributed by atoms with van der Waals surface area (Å²) in [4.78, 5) is 8.31. The molecule has 0 N–H and O–H groups in total. The lowest BCUT2D eigenvalue weighted by Crippen LogP contribution is -1.96. The number of hydrogen-bond donors (Lipinski definition) is 0. The van der Waals surface area contributed by atoms with Crippen LogP contribution in [0.2, 0.25) is 0 Å². The Morgan fingerprint density at radius 1 is 1.06 bits per heavy atom. The molecule has 2 rings (SSSR count). The zero-order valence-corrected chi connectivity index (χ0v) is 10.2. The van der Waals surface area contributed by atoms with Crippen LogP contribution < -0.4 is 0 Å². The second kappa shape index (κ2) is 4.34. The number of rotatable bonds is 1. The van der Waals surface area contributed by atoms with Crippen molar-refractivity contribution in [3.05, 3.63) is 46.9 Å². The van der Waals surface area contributed by atoms with Crippen molar-refractivity contribution in [1.82, 2.24) is 9.97 Å². The summed E-state index contributed by atoms with van der Waals surface area (Å²) in [6.07, 6.45) is 0. The number of benzene rings is 1. The summed E-state index contributed by atoms with van der Waals surface area (Å²) in [6.45, 7) is 5.96. The third kappa shape index (κ3) is 2.31. The van der Waals surface area contributed by atoms with Gasteiger partial charge in [-0.2, -0.15) is 5.26 Å². The van der Waals surface area contributed by atoms with Crippen LogP contribution in [0.3, 0.4) is 0 Å². The summed E-state index contributed by atoms with van der Waals surface area (Å²) in [5.74, 6) is 0.223. The lowest BCUT2D eigenvalue weighted by molar-refractivity contribution is 1.06. The molecule has 1 aromatic heterocycles. The van der Waals surface area contributed by atoms with E-state index in [-0.39, 0.29) is 5.82 Å². The molecule has 0 aliphatic heterocycles. The Hall–Kier alpha value is -2.21. The van der Waals surface area contributed by atoms with E-state index in [0.29, 0.717) is 0 Å².